The molecule has 3 rings (SSSR count). The van der Waals surface area contributed by atoms with Crippen molar-refractivity contribution in [2.75, 3.05) is 0 Å². The largest absolute Gasteiger partial charge is 0.366 e. The van der Waals surface area contributed by atoms with Gasteiger partial charge >= 0.3 is 0 Å². The van der Waals surface area contributed by atoms with Crippen LogP contribution in [0, 0.1) is 5.41 Å². The monoisotopic (exact) mass is 336 g/mol. The second-order valence-electron chi connectivity index (χ2n) is 7.96. The highest BCUT2D eigenvalue weighted by molar-refractivity contribution is 5.94. The molecule has 1 aliphatic carbocycles. The molecule has 1 amide bonds. The van der Waals surface area contributed by atoms with Crippen molar-refractivity contribution in [3.63, 3.8) is 0 Å². The van der Waals surface area contributed by atoms with Crippen molar-refractivity contribution in [2.24, 2.45) is 11.1 Å². The predicted octanol–water partition coefficient (Wildman–Crippen LogP) is 4.51. The van der Waals surface area contributed by atoms with Crippen LogP contribution < -0.4 is 11.1 Å². The molecule has 3 heteroatoms. The Bertz CT molecular complexity index is 741. The summed E-state index contributed by atoms with van der Waals surface area (Å²) in [7, 11) is 0. The van der Waals surface area contributed by atoms with Crippen LogP contribution in [0.3, 0.4) is 0 Å². The fourth-order valence-electron chi connectivity index (χ4n) is 3.58. The van der Waals surface area contributed by atoms with Crippen LogP contribution in [0.2, 0.25) is 0 Å². The van der Waals surface area contributed by atoms with Gasteiger partial charge in [0.2, 0.25) is 5.91 Å². The molecule has 132 valence electrons. The quantitative estimate of drug-likeness (QED) is 0.844. The molecule has 2 aromatic rings. The predicted molar refractivity (Wildman–Crippen MR) is 103 cm³/mol. The van der Waals surface area contributed by atoms with Crippen LogP contribution in [0.25, 0.3) is 11.1 Å². The molecule has 1 aliphatic rings. The lowest BCUT2D eigenvalue weighted by atomic mass is 9.75. The molecule has 0 aliphatic heterocycles. The van der Waals surface area contributed by atoms with E-state index in [1.54, 1.807) is 6.07 Å². The van der Waals surface area contributed by atoms with Gasteiger partial charge in [-0.15, -0.1) is 0 Å². The van der Waals surface area contributed by atoms with Gasteiger partial charge in [-0.25, -0.2) is 0 Å². The number of hydrogen-bond donors (Lipinski definition) is 2. The van der Waals surface area contributed by atoms with Gasteiger partial charge in [-0.1, -0.05) is 44.2 Å². The number of nitrogens with one attached hydrogen (secondary N) is 1. The topological polar surface area (TPSA) is 55.1 Å². The molecular formula is C22H28N2O. The van der Waals surface area contributed by atoms with Gasteiger partial charge in [0.05, 0.1) is 0 Å². The summed E-state index contributed by atoms with van der Waals surface area (Å²) in [6, 6.07) is 16.6. The molecule has 0 atom stereocenters. The molecule has 3 N–H and O–H groups in total. The Morgan fingerprint density at radius 1 is 1.08 bits per heavy atom. The van der Waals surface area contributed by atoms with Crippen molar-refractivity contribution in [1.29, 1.82) is 0 Å². The summed E-state index contributed by atoms with van der Waals surface area (Å²) in [5.41, 5.74) is 9.86. The van der Waals surface area contributed by atoms with Gasteiger partial charge < -0.3 is 11.1 Å². The maximum absolute atomic E-state index is 11.4. The molecule has 0 radical (unpaired) electrons. The average Bonchev–Trinajstić information content (AvgIpc) is 2.61. The van der Waals surface area contributed by atoms with Crippen molar-refractivity contribution in [3.8, 4) is 11.1 Å². The lowest BCUT2D eigenvalue weighted by molar-refractivity contribution is 0.100. The maximum Gasteiger partial charge on any atom is 0.248 e. The highest BCUT2D eigenvalue weighted by Crippen LogP contribution is 2.35. The minimum Gasteiger partial charge on any atom is -0.366 e. The van der Waals surface area contributed by atoms with Crippen molar-refractivity contribution < 1.29 is 4.79 Å². The van der Waals surface area contributed by atoms with Crippen LogP contribution in [-0.2, 0) is 6.54 Å². The first kappa shape index (κ1) is 17.7. The lowest BCUT2D eigenvalue weighted by Crippen LogP contribution is -2.35. The standard InChI is InChI=1S/C22H28N2O/c1-22(2)11-9-20(10-12-22)24-15-16-5-3-6-17(13-16)18-7-4-8-19(14-18)21(23)25/h3-8,13-14,20,24H,9-12,15H2,1-2H3,(H2,23,25). The second kappa shape index (κ2) is 7.40. The molecular weight excluding hydrogens is 308 g/mol. The molecule has 0 saturated heterocycles. The first-order chi connectivity index (χ1) is 11.9. The van der Waals surface area contributed by atoms with E-state index < -0.39 is 0 Å². The van der Waals surface area contributed by atoms with Gasteiger partial charge in [0.15, 0.2) is 0 Å². The minimum atomic E-state index is -0.389. The highest BCUT2D eigenvalue weighted by atomic mass is 16.1. The summed E-state index contributed by atoms with van der Waals surface area (Å²) < 4.78 is 0. The average molecular weight is 336 g/mol. The number of nitrogens with two attached hydrogens (primary N) is 1. The Morgan fingerprint density at radius 3 is 2.40 bits per heavy atom. The van der Waals surface area contributed by atoms with E-state index in [0.29, 0.717) is 17.0 Å². The summed E-state index contributed by atoms with van der Waals surface area (Å²) >= 11 is 0. The minimum absolute atomic E-state index is 0.389. The zero-order chi connectivity index (χ0) is 17.9. The zero-order valence-corrected chi connectivity index (χ0v) is 15.2. The van der Waals surface area contributed by atoms with Crippen LogP contribution >= 0.6 is 0 Å². The van der Waals surface area contributed by atoms with E-state index >= 15 is 0 Å². The third-order valence-electron chi connectivity index (χ3n) is 5.34. The number of carbonyl (C=O) groups excluding carboxylic acids is 1. The fourth-order valence-corrected chi connectivity index (χ4v) is 3.58. The molecule has 25 heavy (non-hydrogen) atoms. The van der Waals surface area contributed by atoms with Gasteiger partial charge in [-0.05, 0) is 66.0 Å². The SMILES string of the molecule is CC1(C)CCC(NCc2cccc(-c3cccc(C(N)=O)c3)c2)CC1. The van der Waals surface area contributed by atoms with Crippen molar-refractivity contribution in [2.45, 2.75) is 52.1 Å². The smallest absolute Gasteiger partial charge is 0.248 e. The molecule has 0 aromatic heterocycles. The van der Waals surface area contributed by atoms with Crippen molar-refractivity contribution in [1.82, 2.24) is 5.32 Å². The van der Waals surface area contributed by atoms with E-state index in [1.807, 2.05) is 18.2 Å². The maximum atomic E-state index is 11.4. The van der Waals surface area contributed by atoms with Crippen LogP contribution in [0.15, 0.2) is 48.5 Å². The normalized spacial score (nSPS) is 17.4. The molecule has 0 heterocycles. The third kappa shape index (κ3) is 4.70. The number of rotatable bonds is 5. The lowest BCUT2D eigenvalue weighted by Gasteiger charge is -2.34. The molecule has 3 nitrogen and oxygen atoms in total. The number of benzene rings is 2. The molecule has 0 spiro atoms. The van der Waals surface area contributed by atoms with Crippen LogP contribution in [0.5, 0.6) is 0 Å². The van der Waals surface area contributed by atoms with Gasteiger partial charge in [-0.3, -0.25) is 4.79 Å². The van der Waals surface area contributed by atoms with Gasteiger partial charge in [0.1, 0.15) is 0 Å². The van der Waals surface area contributed by atoms with Crippen LogP contribution in [0.4, 0.5) is 0 Å². The number of hydrogen-bond acceptors (Lipinski definition) is 2. The Hall–Kier alpha value is -2.13. The van der Waals surface area contributed by atoms with Crippen LogP contribution in [0.1, 0.15) is 55.5 Å². The summed E-state index contributed by atoms with van der Waals surface area (Å²) in [4.78, 5) is 11.4. The second-order valence-corrected chi connectivity index (χ2v) is 7.96. The van der Waals surface area contributed by atoms with E-state index in [0.717, 1.165) is 17.7 Å². The molecule has 0 unspecified atom stereocenters. The summed E-state index contributed by atoms with van der Waals surface area (Å²) in [5.74, 6) is -0.389. The van der Waals surface area contributed by atoms with E-state index in [1.165, 1.54) is 31.2 Å². The Balaban J connectivity index is 1.66. The van der Waals surface area contributed by atoms with Crippen molar-refractivity contribution >= 4 is 5.91 Å². The third-order valence-corrected chi connectivity index (χ3v) is 5.34. The number of primary amides is 1. The summed E-state index contributed by atoms with van der Waals surface area (Å²) in [6.07, 6.45) is 5.11. The Kier molecular flexibility index (Phi) is 5.24. The number of carbonyl (C=O) groups is 1. The molecule has 2 aromatic carbocycles. The van der Waals surface area contributed by atoms with Gasteiger partial charge in [0, 0.05) is 18.2 Å². The Morgan fingerprint density at radius 2 is 1.72 bits per heavy atom. The van der Waals surface area contributed by atoms with Crippen LogP contribution in [-0.4, -0.2) is 11.9 Å². The van der Waals surface area contributed by atoms with Crippen molar-refractivity contribution in [3.05, 3.63) is 59.7 Å². The molecule has 1 saturated carbocycles. The fraction of sp³-hybridized carbons (Fsp3) is 0.409. The number of amides is 1. The zero-order valence-electron chi connectivity index (χ0n) is 15.2. The summed E-state index contributed by atoms with van der Waals surface area (Å²) in [6.45, 7) is 5.62. The van der Waals surface area contributed by atoms with E-state index in [-0.39, 0.29) is 5.91 Å². The van der Waals surface area contributed by atoms with E-state index in [9.17, 15) is 4.79 Å². The molecule has 0 bridgehead atoms. The van der Waals surface area contributed by atoms with Gasteiger partial charge in [0.25, 0.3) is 0 Å². The first-order valence-corrected chi connectivity index (χ1v) is 9.15. The first-order valence-electron chi connectivity index (χ1n) is 9.15. The van der Waals surface area contributed by atoms with E-state index in [2.05, 4.69) is 43.4 Å². The van der Waals surface area contributed by atoms with E-state index in [4.69, 9.17) is 5.73 Å². The Labute approximate surface area is 150 Å². The summed E-state index contributed by atoms with van der Waals surface area (Å²) in [5, 5.41) is 3.71. The highest BCUT2D eigenvalue weighted by Gasteiger charge is 2.26. The van der Waals surface area contributed by atoms with Gasteiger partial charge in [-0.2, -0.15) is 0 Å². The molecule has 1 fully saturated rings.